The fraction of sp³-hybridized carbons (Fsp3) is 0.250. The number of halogens is 1. The molecule has 0 saturated carbocycles. The van der Waals surface area contributed by atoms with E-state index in [1.807, 2.05) is 24.3 Å². The van der Waals surface area contributed by atoms with Gasteiger partial charge >= 0.3 is 5.82 Å². The van der Waals surface area contributed by atoms with Crippen LogP contribution in [0.2, 0.25) is 5.02 Å². The molecule has 0 radical (unpaired) electrons. The maximum absolute atomic E-state index is 11.1. The van der Waals surface area contributed by atoms with Crippen LogP contribution in [0, 0.1) is 10.1 Å². The predicted molar refractivity (Wildman–Crippen MR) is 94.0 cm³/mol. The van der Waals surface area contributed by atoms with E-state index in [0.29, 0.717) is 29.5 Å². The van der Waals surface area contributed by atoms with E-state index in [1.54, 1.807) is 19.2 Å². The first-order valence-electron chi connectivity index (χ1n) is 7.58. The molecule has 2 aromatic heterocycles. The van der Waals surface area contributed by atoms with Gasteiger partial charge in [0.25, 0.3) is 0 Å². The number of benzene rings is 1. The molecule has 0 aliphatic heterocycles. The van der Waals surface area contributed by atoms with Crippen molar-refractivity contribution < 1.29 is 9.66 Å². The number of nitro groups is 1. The summed E-state index contributed by atoms with van der Waals surface area (Å²) in [4.78, 5) is 14.5. The Morgan fingerprint density at radius 2 is 2.08 bits per heavy atom. The van der Waals surface area contributed by atoms with Crippen LogP contribution in [0.5, 0.6) is 0 Å². The Morgan fingerprint density at radius 1 is 1.32 bits per heavy atom. The molecule has 0 saturated heterocycles. The lowest BCUT2D eigenvalue weighted by Gasteiger charge is -2.19. The Bertz CT molecular complexity index is 881. The summed E-state index contributed by atoms with van der Waals surface area (Å²) in [5, 5.41) is 19.3. The predicted octanol–water partition coefficient (Wildman–Crippen LogP) is 3.48. The molecule has 25 heavy (non-hydrogen) atoms. The van der Waals surface area contributed by atoms with Gasteiger partial charge in [-0.2, -0.15) is 0 Å². The number of hydrogen-bond donors (Lipinski definition) is 1. The van der Waals surface area contributed by atoms with Gasteiger partial charge in [-0.1, -0.05) is 33.3 Å². The monoisotopic (exact) mass is 361 g/mol. The number of hydrogen-bond acceptors (Lipinski definition) is 6. The number of fused-ring (bicyclic) bond motifs is 1. The lowest BCUT2D eigenvalue weighted by molar-refractivity contribution is -0.391. The van der Waals surface area contributed by atoms with Crippen molar-refractivity contribution in [2.75, 3.05) is 19.0 Å². The van der Waals surface area contributed by atoms with Crippen molar-refractivity contribution in [3.8, 4) is 0 Å². The van der Waals surface area contributed by atoms with Crippen molar-refractivity contribution in [1.29, 1.82) is 0 Å². The van der Waals surface area contributed by atoms with Crippen LogP contribution in [-0.2, 0) is 4.74 Å². The Balaban J connectivity index is 1.90. The van der Waals surface area contributed by atoms with Crippen LogP contribution in [0.3, 0.4) is 0 Å². The number of aromatic nitrogens is 3. The second-order valence-electron chi connectivity index (χ2n) is 5.39. The molecule has 1 unspecified atom stereocenters. The van der Waals surface area contributed by atoms with Crippen molar-refractivity contribution in [2.45, 2.75) is 12.5 Å². The van der Waals surface area contributed by atoms with E-state index in [0.717, 1.165) is 5.56 Å². The number of ether oxygens (including phenoxy) is 1. The molecular formula is C16H16ClN5O3. The minimum atomic E-state index is -0.515. The number of methoxy groups -OCH3 is 1. The number of anilines is 1. The highest BCUT2D eigenvalue weighted by molar-refractivity contribution is 6.30. The van der Waals surface area contributed by atoms with E-state index < -0.39 is 4.92 Å². The number of nitrogens with zero attached hydrogens (tertiary/aromatic N) is 4. The Hall–Kier alpha value is -2.71. The van der Waals surface area contributed by atoms with E-state index in [1.165, 1.54) is 10.7 Å². The average Bonchev–Trinajstić information content (AvgIpc) is 3.03. The third-order valence-corrected chi connectivity index (χ3v) is 3.99. The zero-order valence-corrected chi connectivity index (χ0v) is 14.2. The molecule has 0 amide bonds. The first kappa shape index (κ1) is 17.1. The van der Waals surface area contributed by atoms with Gasteiger partial charge in [-0.25, -0.2) is 4.98 Å². The lowest BCUT2D eigenvalue weighted by atomic mass is 10.0. The third kappa shape index (κ3) is 3.86. The van der Waals surface area contributed by atoms with E-state index in [4.69, 9.17) is 16.3 Å². The summed E-state index contributed by atoms with van der Waals surface area (Å²) in [7, 11) is 1.64. The third-order valence-electron chi connectivity index (χ3n) is 3.74. The number of rotatable bonds is 7. The maximum atomic E-state index is 11.1. The van der Waals surface area contributed by atoms with Gasteiger partial charge in [0.1, 0.15) is 6.20 Å². The van der Waals surface area contributed by atoms with Crippen LogP contribution < -0.4 is 5.32 Å². The van der Waals surface area contributed by atoms with Crippen LogP contribution >= 0.6 is 11.6 Å². The van der Waals surface area contributed by atoms with Crippen molar-refractivity contribution in [1.82, 2.24) is 14.6 Å². The molecule has 0 fully saturated rings. The minimum Gasteiger partial charge on any atom is -0.385 e. The minimum absolute atomic E-state index is 0.0789. The van der Waals surface area contributed by atoms with E-state index in [-0.39, 0.29) is 11.9 Å². The standard InChI is InChI=1S/C16H16ClN5O3/c1-25-9-8-13(11-2-4-12(17)5-3-11)19-14-6-7-15-18-10-16(22(23)24)21(15)20-14/h2-7,10,13H,8-9H2,1H3,(H,19,20). The van der Waals surface area contributed by atoms with Gasteiger partial charge in [0, 0.05) is 24.8 Å². The summed E-state index contributed by atoms with van der Waals surface area (Å²) in [5.74, 6) is 0.322. The van der Waals surface area contributed by atoms with Gasteiger partial charge in [0.2, 0.25) is 5.65 Å². The Labute approximate surface area is 148 Å². The van der Waals surface area contributed by atoms with Crippen LogP contribution in [0.1, 0.15) is 18.0 Å². The zero-order chi connectivity index (χ0) is 17.8. The van der Waals surface area contributed by atoms with Crippen LogP contribution in [-0.4, -0.2) is 33.2 Å². The van der Waals surface area contributed by atoms with Gasteiger partial charge in [0.15, 0.2) is 5.82 Å². The molecule has 1 N–H and O–H groups in total. The largest absolute Gasteiger partial charge is 0.385 e. The highest BCUT2D eigenvalue weighted by atomic mass is 35.5. The second kappa shape index (κ2) is 7.45. The van der Waals surface area contributed by atoms with Crippen molar-refractivity contribution in [3.63, 3.8) is 0 Å². The summed E-state index contributed by atoms with van der Waals surface area (Å²) in [6.45, 7) is 0.549. The topological polar surface area (TPSA) is 94.6 Å². The molecule has 0 spiro atoms. The van der Waals surface area contributed by atoms with Crippen molar-refractivity contribution in [2.24, 2.45) is 0 Å². The molecule has 0 aliphatic carbocycles. The summed E-state index contributed by atoms with van der Waals surface area (Å²) in [6.07, 6.45) is 1.89. The molecule has 1 aromatic carbocycles. The van der Waals surface area contributed by atoms with Gasteiger partial charge in [-0.05, 0) is 35.1 Å². The van der Waals surface area contributed by atoms with Crippen LogP contribution in [0.4, 0.5) is 11.6 Å². The quantitative estimate of drug-likeness (QED) is 0.511. The normalized spacial score (nSPS) is 12.2. The van der Waals surface area contributed by atoms with E-state index >= 15 is 0 Å². The SMILES string of the molecule is COCCC(Nc1ccc2ncc([N+](=O)[O-])n2n1)c1ccc(Cl)cc1. The lowest BCUT2D eigenvalue weighted by Crippen LogP contribution is -2.15. The molecule has 130 valence electrons. The first-order chi connectivity index (χ1) is 12.1. The molecule has 0 bridgehead atoms. The fourth-order valence-electron chi connectivity index (χ4n) is 2.49. The molecule has 8 nitrogen and oxygen atoms in total. The highest BCUT2D eigenvalue weighted by Gasteiger charge is 2.18. The Morgan fingerprint density at radius 3 is 2.76 bits per heavy atom. The van der Waals surface area contributed by atoms with Crippen LogP contribution in [0.25, 0.3) is 5.65 Å². The molecule has 0 aliphatic rings. The number of imidazole rings is 1. The van der Waals surface area contributed by atoms with Crippen LogP contribution in [0.15, 0.2) is 42.6 Å². The van der Waals surface area contributed by atoms with E-state index in [2.05, 4.69) is 15.4 Å². The van der Waals surface area contributed by atoms with E-state index in [9.17, 15) is 10.1 Å². The van der Waals surface area contributed by atoms with Gasteiger partial charge in [-0.15, -0.1) is 0 Å². The highest BCUT2D eigenvalue weighted by Crippen LogP contribution is 2.24. The molecule has 2 heterocycles. The van der Waals surface area contributed by atoms with Gasteiger partial charge in [0.05, 0.1) is 6.04 Å². The molecule has 3 rings (SSSR count). The summed E-state index contributed by atoms with van der Waals surface area (Å²) >= 11 is 5.95. The zero-order valence-electron chi connectivity index (χ0n) is 13.4. The molecule has 3 aromatic rings. The summed E-state index contributed by atoms with van der Waals surface area (Å²) < 4.78 is 6.38. The summed E-state index contributed by atoms with van der Waals surface area (Å²) in [6, 6.07) is 10.8. The molecule has 9 heteroatoms. The first-order valence-corrected chi connectivity index (χ1v) is 7.96. The van der Waals surface area contributed by atoms with Gasteiger partial charge < -0.3 is 20.2 Å². The second-order valence-corrected chi connectivity index (χ2v) is 5.83. The Kier molecular flexibility index (Phi) is 5.11. The van der Waals surface area contributed by atoms with Gasteiger partial charge in [-0.3, -0.25) is 0 Å². The maximum Gasteiger partial charge on any atom is 0.368 e. The smallest absolute Gasteiger partial charge is 0.368 e. The molecular weight excluding hydrogens is 346 g/mol. The number of nitrogens with one attached hydrogen (secondary N) is 1. The average molecular weight is 362 g/mol. The van der Waals surface area contributed by atoms with Crippen molar-refractivity contribution >= 4 is 28.9 Å². The fourth-order valence-corrected chi connectivity index (χ4v) is 2.62. The van der Waals surface area contributed by atoms with Crippen molar-refractivity contribution in [3.05, 3.63) is 63.3 Å². The summed E-state index contributed by atoms with van der Waals surface area (Å²) in [5.41, 5.74) is 1.43. The molecule has 1 atom stereocenters.